The first-order valence-corrected chi connectivity index (χ1v) is 7.70. The maximum atomic E-state index is 12.2. The molecular weight excluding hydrogens is 358 g/mol. The van der Waals surface area contributed by atoms with Crippen molar-refractivity contribution >= 4 is 39.2 Å². The molecule has 0 bridgehead atoms. The number of amides is 1. The summed E-state index contributed by atoms with van der Waals surface area (Å²) in [6.45, 7) is 0.429. The first-order valence-electron chi connectivity index (χ1n) is 6.20. The van der Waals surface area contributed by atoms with Gasteiger partial charge in [0.25, 0.3) is 5.91 Å². The Bertz CT molecular complexity index is 651. The van der Waals surface area contributed by atoms with Crippen molar-refractivity contribution in [3.63, 3.8) is 0 Å². The molecule has 2 aromatic rings. The Morgan fingerprint density at radius 3 is 2.38 bits per heavy atom. The fourth-order valence-electron chi connectivity index (χ4n) is 1.79. The zero-order chi connectivity index (χ0) is 15.4. The predicted molar refractivity (Wildman–Crippen MR) is 84.1 cm³/mol. The number of ketones is 1. The summed E-state index contributed by atoms with van der Waals surface area (Å²) in [5.74, 6) is -0.154. The molecule has 0 aliphatic rings. The molecule has 0 aliphatic carbocycles. The minimum absolute atomic E-state index is 0.149. The molecule has 110 valence electrons. The Kier molecular flexibility index (Phi) is 5.20. The predicted octanol–water partition coefficient (Wildman–Crippen LogP) is 3.78. The van der Waals surface area contributed by atoms with Crippen molar-refractivity contribution in [2.45, 2.75) is 6.54 Å². The number of alkyl halides is 1. The van der Waals surface area contributed by atoms with Crippen LogP contribution in [0.2, 0.25) is 5.02 Å². The quantitative estimate of drug-likeness (QED) is 0.594. The van der Waals surface area contributed by atoms with Crippen molar-refractivity contribution in [2.24, 2.45) is 0 Å². The van der Waals surface area contributed by atoms with Gasteiger partial charge in [-0.15, -0.1) is 0 Å². The van der Waals surface area contributed by atoms with Gasteiger partial charge < -0.3 is 9.32 Å². The average molecular weight is 371 g/mol. The topological polar surface area (TPSA) is 50.5 Å². The SMILES string of the molecule is CN(Cc1ccc(Cl)cc1)C(=O)c1ccc(C(=O)CBr)o1. The molecule has 0 unspecified atom stereocenters. The number of Topliss-reactive ketones (excluding diaryl/α,β-unsaturated/α-hetero) is 1. The summed E-state index contributed by atoms with van der Waals surface area (Å²) in [6, 6.07) is 10.3. The number of carbonyl (C=O) groups excluding carboxylic acids is 2. The average Bonchev–Trinajstić information content (AvgIpc) is 2.97. The van der Waals surface area contributed by atoms with E-state index in [0.717, 1.165) is 5.56 Å². The Morgan fingerprint density at radius 1 is 1.14 bits per heavy atom. The van der Waals surface area contributed by atoms with Gasteiger partial charge in [0.1, 0.15) is 0 Å². The lowest BCUT2D eigenvalue weighted by Crippen LogP contribution is -2.25. The van der Waals surface area contributed by atoms with Gasteiger partial charge in [-0.2, -0.15) is 0 Å². The Balaban J connectivity index is 2.06. The number of benzene rings is 1. The first kappa shape index (κ1) is 15.8. The summed E-state index contributed by atoms with van der Waals surface area (Å²) in [5, 5.41) is 0.811. The van der Waals surface area contributed by atoms with Crippen molar-refractivity contribution in [1.29, 1.82) is 0 Å². The second-order valence-electron chi connectivity index (χ2n) is 4.51. The van der Waals surface area contributed by atoms with E-state index in [1.54, 1.807) is 19.2 Å². The van der Waals surface area contributed by atoms with Crippen LogP contribution in [0.25, 0.3) is 0 Å². The smallest absolute Gasteiger partial charge is 0.289 e. The summed E-state index contributed by atoms with van der Waals surface area (Å²) >= 11 is 8.88. The zero-order valence-corrected chi connectivity index (χ0v) is 13.6. The molecule has 2 rings (SSSR count). The van der Waals surface area contributed by atoms with Gasteiger partial charge in [0.05, 0.1) is 5.33 Å². The molecule has 6 heteroatoms. The second-order valence-corrected chi connectivity index (χ2v) is 5.51. The molecule has 1 aromatic carbocycles. The van der Waals surface area contributed by atoms with Crippen LogP contribution in [-0.2, 0) is 6.54 Å². The van der Waals surface area contributed by atoms with Crippen molar-refractivity contribution in [3.05, 3.63) is 58.5 Å². The number of halogens is 2. The van der Waals surface area contributed by atoms with E-state index < -0.39 is 0 Å². The van der Waals surface area contributed by atoms with Crippen LogP contribution in [-0.4, -0.2) is 29.0 Å². The summed E-state index contributed by atoms with van der Waals surface area (Å²) in [6.07, 6.45) is 0. The molecule has 4 nitrogen and oxygen atoms in total. The van der Waals surface area contributed by atoms with E-state index in [1.165, 1.54) is 17.0 Å². The number of carbonyl (C=O) groups is 2. The lowest BCUT2D eigenvalue weighted by Gasteiger charge is -2.15. The lowest BCUT2D eigenvalue weighted by atomic mass is 10.2. The Morgan fingerprint density at radius 2 is 1.76 bits per heavy atom. The minimum atomic E-state index is -0.279. The van der Waals surface area contributed by atoms with Crippen molar-refractivity contribution in [3.8, 4) is 0 Å². The monoisotopic (exact) mass is 369 g/mol. The molecule has 1 aromatic heterocycles. The third-order valence-corrected chi connectivity index (χ3v) is 3.65. The van der Waals surface area contributed by atoms with Gasteiger partial charge in [-0.05, 0) is 29.8 Å². The van der Waals surface area contributed by atoms with Gasteiger partial charge in [0.2, 0.25) is 5.78 Å². The zero-order valence-electron chi connectivity index (χ0n) is 11.3. The van der Waals surface area contributed by atoms with Crippen molar-refractivity contribution in [1.82, 2.24) is 4.90 Å². The largest absolute Gasteiger partial charge is 0.448 e. The van der Waals surface area contributed by atoms with E-state index >= 15 is 0 Å². The van der Waals surface area contributed by atoms with Gasteiger partial charge >= 0.3 is 0 Å². The molecule has 0 N–H and O–H groups in total. The van der Waals surface area contributed by atoms with Crippen LogP contribution in [0.3, 0.4) is 0 Å². The highest BCUT2D eigenvalue weighted by molar-refractivity contribution is 9.09. The maximum Gasteiger partial charge on any atom is 0.289 e. The van der Waals surface area contributed by atoms with Gasteiger partial charge in [0, 0.05) is 18.6 Å². The van der Waals surface area contributed by atoms with E-state index in [2.05, 4.69) is 15.9 Å². The van der Waals surface area contributed by atoms with E-state index in [9.17, 15) is 9.59 Å². The normalized spacial score (nSPS) is 10.4. The lowest BCUT2D eigenvalue weighted by molar-refractivity contribution is 0.0750. The number of hydrogen-bond donors (Lipinski definition) is 0. The van der Waals surface area contributed by atoms with Crippen molar-refractivity contribution in [2.75, 3.05) is 12.4 Å². The maximum absolute atomic E-state index is 12.2. The third kappa shape index (κ3) is 3.95. The van der Waals surface area contributed by atoms with E-state index in [-0.39, 0.29) is 28.5 Å². The van der Waals surface area contributed by atoms with Crippen molar-refractivity contribution < 1.29 is 14.0 Å². The van der Waals surface area contributed by atoms with Crippen LogP contribution >= 0.6 is 27.5 Å². The summed E-state index contributed by atoms with van der Waals surface area (Å²) in [4.78, 5) is 25.2. The highest BCUT2D eigenvalue weighted by Crippen LogP contribution is 2.15. The van der Waals surface area contributed by atoms with Crippen LogP contribution in [0.4, 0.5) is 0 Å². The van der Waals surface area contributed by atoms with Crippen LogP contribution in [0, 0.1) is 0 Å². The fraction of sp³-hybridized carbons (Fsp3) is 0.200. The molecule has 0 fully saturated rings. The second kappa shape index (κ2) is 6.91. The number of furan rings is 1. The Labute approximate surface area is 135 Å². The number of rotatable bonds is 5. The molecule has 0 saturated carbocycles. The molecule has 1 heterocycles. The number of hydrogen-bond acceptors (Lipinski definition) is 3. The molecular formula is C15H13BrClNO3. The summed E-state index contributed by atoms with van der Waals surface area (Å²) < 4.78 is 5.28. The van der Waals surface area contributed by atoms with Gasteiger partial charge in [-0.1, -0.05) is 39.7 Å². The molecule has 0 aliphatic heterocycles. The fourth-order valence-corrected chi connectivity index (χ4v) is 2.19. The summed E-state index contributed by atoms with van der Waals surface area (Å²) in [7, 11) is 1.67. The Hall–Kier alpha value is -1.59. The minimum Gasteiger partial charge on any atom is -0.448 e. The first-order chi connectivity index (χ1) is 10.0. The molecule has 0 spiro atoms. The van der Waals surface area contributed by atoms with E-state index in [1.807, 2.05) is 12.1 Å². The third-order valence-electron chi connectivity index (χ3n) is 2.89. The van der Waals surface area contributed by atoms with Crippen LogP contribution in [0.1, 0.15) is 26.7 Å². The highest BCUT2D eigenvalue weighted by Gasteiger charge is 2.18. The molecule has 0 radical (unpaired) electrons. The standard InChI is InChI=1S/C15H13BrClNO3/c1-18(9-10-2-4-11(17)5-3-10)15(20)14-7-6-13(21-14)12(19)8-16/h2-7H,8-9H2,1H3. The molecule has 0 atom stereocenters. The van der Waals surface area contributed by atoms with E-state index in [4.69, 9.17) is 16.0 Å². The number of nitrogens with zero attached hydrogens (tertiary/aromatic N) is 1. The van der Waals surface area contributed by atoms with Gasteiger partial charge in [-0.3, -0.25) is 9.59 Å². The van der Waals surface area contributed by atoms with Gasteiger partial charge in [-0.25, -0.2) is 0 Å². The van der Waals surface area contributed by atoms with Crippen LogP contribution in [0.5, 0.6) is 0 Å². The molecule has 1 amide bonds. The summed E-state index contributed by atoms with van der Waals surface area (Å²) in [5.41, 5.74) is 0.957. The van der Waals surface area contributed by atoms with E-state index in [0.29, 0.717) is 11.6 Å². The van der Waals surface area contributed by atoms with Crippen LogP contribution in [0.15, 0.2) is 40.8 Å². The highest BCUT2D eigenvalue weighted by atomic mass is 79.9. The van der Waals surface area contributed by atoms with Crippen LogP contribution < -0.4 is 0 Å². The van der Waals surface area contributed by atoms with Gasteiger partial charge in [0.15, 0.2) is 11.5 Å². The molecule has 0 saturated heterocycles. The molecule has 21 heavy (non-hydrogen) atoms.